The van der Waals surface area contributed by atoms with Gasteiger partial charge in [-0.25, -0.2) is 0 Å². The number of hydrogen-bond acceptors (Lipinski definition) is 5. The van der Waals surface area contributed by atoms with Crippen molar-refractivity contribution >= 4 is 5.91 Å². The van der Waals surface area contributed by atoms with E-state index < -0.39 is 0 Å². The third-order valence-corrected chi connectivity index (χ3v) is 4.66. The van der Waals surface area contributed by atoms with Crippen LogP contribution in [0.1, 0.15) is 29.4 Å². The maximum Gasteiger partial charge on any atom is 0.223 e. The van der Waals surface area contributed by atoms with Crippen LogP contribution in [0.4, 0.5) is 0 Å². The predicted octanol–water partition coefficient (Wildman–Crippen LogP) is 1.53. The van der Waals surface area contributed by atoms with Gasteiger partial charge in [0.25, 0.3) is 0 Å². The molecule has 0 bridgehead atoms. The Morgan fingerprint density at radius 1 is 1.36 bits per heavy atom. The Labute approximate surface area is 147 Å². The van der Waals surface area contributed by atoms with Gasteiger partial charge in [-0.15, -0.1) is 5.10 Å². The number of methoxy groups -OCH3 is 2. The molecule has 1 atom stereocenters. The summed E-state index contributed by atoms with van der Waals surface area (Å²) < 4.78 is 12.4. The van der Waals surface area contributed by atoms with Crippen LogP contribution in [0.25, 0.3) is 0 Å². The van der Waals surface area contributed by atoms with Gasteiger partial charge >= 0.3 is 0 Å². The molecule has 3 rings (SSSR count). The minimum absolute atomic E-state index is 0.112. The van der Waals surface area contributed by atoms with Gasteiger partial charge in [0.15, 0.2) is 0 Å². The smallest absolute Gasteiger partial charge is 0.223 e. The zero-order chi connectivity index (χ0) is 17.8. The van der Waals surface area contributed by atoms with Gasteiger partial charge in [-0.05, 0) is 24.1 Å². The quantitative estimate of drug-likeness (QED) is 0.795. The summed E-state index contributed by atoms with van der Waals surface area (Å²) >= 11 is 0. The predicted molar refractivity (Wildman–Crippen MR) is 92.4 cm³/mol. The topological polar surface area (TPSA) is 69.5 Å². The summed E-state index contributed by atoms with van der Waals surface area (Å²) in [4.78, 5) is 14.7. The number of hydrogen-bond donors (Lipinski definition) is 0. The van der Waals surface area contributed by atoms with E-state index >= 15 is 0 Å². The van der Waals surface area contributed by atoms with Crippen LogP contribution in [-0.2, 0) is 29.4 Å². The second-order valence-electron chi connectivity index (χ2n) is 6.20. The molecule has 134 valence electrons. The van der Waals surface area contributed by atoms with Gasteiger partial charge in [0.1, 0.15) is 17.5 Å². The maximum absolute atomic E-state index is 12.8. The second-order valence-corrected chi connectivity index (χ2v) is 6.20. The fourth-order valence-electron chi connectivity index (χ4n) is 3.32. The van der Waals surface area contributed by atoms with Crippen LogP contribution in [0.3, 0.4) is 0 Å². The molecule has 0 spiro atoms. The van der Waals surface area contributed by atoms with Crippen LogP contribution in [0, 0.1) is 0 Å². The van der Waals surface area contributed by atoms with E-state index in [0.717, 1.165) is 29.1 Å². The summed E-state index contributed by atoms with van der Waals surface area (Å²) in [5.74, 6) is 0.922. The highest BCUT2D eigenvalue weighted by Crippen LogP contribution is 2.28. The normalized spacial score (nSPS) is 16.6. The number of nitrogens with zero attached hydrogens (tertiary/aromatic N) is 4. The van der Waals surface area contributed by atoms with Crippen molar-refractivity contribution in [3.05, 3.63) is 41.2 Å². The number of benzene rings is 1. The van der Waals surface area contributed by atoms with Crippen molar-refractivity contribution in [1.29, 1.82) is 0 Å². The fraction of sp³-hybridized carbons (Fsp3) is 0.500. The van der Waals surface area contributed by atoms with E-state index in [0.29, 0.717) is 26.0 Å². The van der Waals surface area contributed by atoms with E-state index in [4.69, 9.17) is 9.47 Å². The van der Waals surface area contributed by atoms with E-state index in [-0.39, 0.29) is 11.9 Å². The molecule has 0 unspecified atom stereocenters. The summed E-state index contributed by atoms with van der Waals surface area (Å²) in [5.41, 5.74) is 3.03. The van der Waals surface area contributed by atoms with E-state index in [9.17, 15) is 4.79 Å². The minimum Gasteiger partial charge on any atom is -0.497 e. The lowest BCUT2D eigenvalue weighted by Gasteiger charge is -2.34. The Morgan fingerprint density at radius 2 is 2.20 bits per heavy atom. The molecule has 0 fully saturated rings. The molecule has 7 nitrogen and oxygen atoms in total. The highest BCUT2D eigenvalue weighted by Gasteiger charge is 2.34. The molecule has 1 amide bonds. The molecule has 1 aliphatic heterocycles. The summed E-state index contributed by atoms with van der Waals surface area (Å²) in [6.45, 7) is 1.09. The van der Waals surface area contributed by atoms with Crippen LogP contribution in [0.2, 0.25) is 0 Å². The number of fused-ring (bicyclic) bond motifs is 1. The van der Waals surface area contributed by atoms with Crippen molar-refractivity contribution in [2.75, 3.05) is 27.4 Å². The molecule has 7 heteroatoms. The Balaban J connectivity index is 1.70. The molecule has 2 aromatic rings. The van der Waals surface area contributed by atoms with Crippen molar-refractivity contribution in [1.82, 2.24) is 19.9 Å². The molecule has 0 radical (unpaired) electrons. The third-order valence-electron chi connectivity index (χ3n) is 4.66. The van der Waals surface area contributed by atoms with E-state index in [1.165, 1.54) is 0 Å². The Kier molecular flexibility index (Phi) is 5.33. The highest BCUT2D eigenvalue weighted by atomic mass is 16.5. The lowest BCUT2D eigenvalue weighted by atomic mass is 10.0. The average molecular weight is 344 g/mol. The monoisotopic (exact) mass is 344 g/mol. The molecular weight excluding hydrogens is 320 g/mol. The first-order valence-corrected chi connectivity index (χ1v) is 8.43. The molecule has 2 heterocycles. The number of carbonyl (C=O) groups is 1. The number of carbonyl (C=O) groups excluding carboxylic acids is 1. The van der Waals surface area contributed by atoms with Crippen molar-refractivity contribution < 1.29 is 14.3 Å². The standard InChI is InChI=1S/C18H24N4O3/c1-21-15-9-10-22(16(12-24-2)18(15)19-20-21)17(23)8-7-13-5-4-6-14(11-13)25-3/h4-6,11,16H,7-10,12H2,1-3H3/t16-/m1/s1. The molecule has 1 aliphatic rings. The lowest BCUT2D eigenvalue weighted by molar-refractivity contribution is -0.135. The number of rotatable bonds is 6. The first-order chi connectivity index (χ1) is 12.1. The van der Waals surface area contributed by atoms with Gasteiger partial charge in [-0.1, -0.05) is 17.3 Å². The molecule has 0 saturated carbocycles. The lowest BCUT2D eigenvalue weighted by Crippen LogP contribution is -2.42. The summed E-state index contributed by atoms with van der Waals surface area (Å²) in [5, 5.41) is 8.35. The van der Waals surface area contributed by atoms with Gasteiger partial charge in [0.05, 0.1) is 19.4 Å². The molecular formula is C18H24N4O3. The summed E-state index contributed by atoms with van der Waals surface area (Å²) in [7, 11) is 5.17. The Morgan fingerprint density at radius 3 is 2.96 bits per heavy atom. The van der Waals surface area contributed by atoms with Gasteiger partial charge in [-0.2, -0.15) is 0 Å². The number of aryl methyl sites for hydroxylation is 2. The second kappa shape index (κ2) is 7.65. The number of amides is 1. The van der Waals surface area contributed by atoms with Crippen molar-refractivity contribution in [3.63, 3.8) is 0 Å². The number of aromatic nitrogens is 3. The first-order valence-electron chi connectivity index (χ1n) is 8.43. The highest BCUT2D eigenvalue weighted by molar-refractivity contribution is 5.77. The molecule has 0 aliphatic carbocycles. The van der Waals surface area contributed by atoms with Crippen LogP contribution in [0.5, 0.6) is 5.75 Å². The molecule has 1 aromatic carbocycles. The molecule has 0 saturated heterocycles. The average Bonchev–Trinajstić information content (AvgIpc) is 3.02. The van der Waals surface area contributed by atoms with Crippen LogP contribution in [0.15, 0.2) is 24.3 Å². The minimum atomic E-state index is -0.166. The van der Waals surface area contributed by atoms with E-state index in [1.807, 2.05) is 36.2 Å². The molecule has 25 heavy (non-hydrogen) atoms. The van der Waals surface area contributed by atoms with Gasteiger partial charge < -0.3 is 14.4 Å². The van der Waals surface area contributed by atoms with Crippen LogP contribution >= 0.6 is 0 Å². The van der Waals surface area contributed by atoms with Gasteiger partial charge in [-0.3, -0.25) is 9.48 Å². The van der Waals surface area contributed by atoms with Crippen molar-refractivity contribution in [2.24, 2.45) is 7.05 Å². The fourth-order valence-corrected chi connectivity index (χ4v) is 3.32. The molecule has 0 N–H and O–H groups in total. The SMILES string of the molecule is COC[C@@H]1c2nnn(C)c2CCN1C(=O)CCc1cccc(OC)c1. The Hall–Kier alpha value is -2.41. The largest absolute Gasteiger partial charge is 0.497 e. The molecule has 1 aromatic heterocycles. The van der Waals surface area contributed by atoms with E-state index in [1.54, 1.807) is 18.9 Å². The zero-order valence-electron chi connectivity index (χ0n) is 14.9. The summed E-state index contributed by atoms with van der Waals surface area (Å²) in [6.07, 6.45) is 1.90. The number of ether oxygens (including phenoxy) is 2. The third kappa shape index (κ3) is 3.66. The van der Waals surface area contributed by atoms with Crippen molar-refractivity contribution in [3.8, 4) is 5.75 Å². The Bertz CT molecular complexity index is 744. The van der Waals surface area contributed by atoms with Crippen LogP contribution in [-0.4, -0.2) is 53.2 Å². The van der Waals surface area contributed by atoms with Gasteiger partial charge in [0, 0.05) is 33.5 Å². The zero-order valence-corrected chi connectivity index (χ0v) is 14.9. The first kappa shape index (κ1) is 17.4. The van der Waals surface area contributed by atoms with Gasteiger partial charge in [0.2, 0.25) is 5.91 Å². The van der Waals surface area contributed by atoms with Crippen molar-refractivity contribution in [2.45, 2.75) is 25.3 Å². The van der Waals surface area contributed by atoms with E-state index in [2.05, 4.69) is 10.3 Å². The summed E-state index contributed by atoms with van der Waals surface area (Å²) in [6, 6.07) is 7.66. The maximum atomic E-state index is 12.8. The van der Waals surface area contributed by atoms with Crippen LogP contribution < -0.4 is 4.74 Å².